The highest BCUT2D eigenvalue weighted by Gasteiger charge is 2.07. The van der Waals surface area contributed by atoms with Gasteiger partial charge < -0.3 is 5.11 Å². The van der Waals surface area contributed by atoms with Crippen LogP contribution in [0.3, 0.4) is 0 Å². The van der Waals surface area contributed by atoms with Gasteiger partial charge in [0.05, 0.1) is 23.5 Å². The first kappa shape index (κ1) is 14.1. The molecule has 0 saturated heterocycles. The van der Waals surface area contributed by atoms with Crippen LogP contribution >= 0.6 is 0 Å². The standard InChI is InChI=1S/C9H11N3O5S/c13-9(14)5-6-10-12-11-7-1-3-8(4-2-7)18(15,16)17/h1-4H,5-6H2,(H,10,11)(H,13,14)(H,15,16,17). The van der Waals surface area contributed by atoms with Gasteiger partial charge in [0, 0.05) is 0 Å². The molecule has 0 radical (unpaired) electrons. The summed E-state index contributed by atoms with van der Waals surface area (Å²) in [4.78, 5) is 9.94. The van der Waals surface area contributed by atoms with E-state index in [2.05, 4.69) is 15.8 Å². The number of aliphatic carboxylic acids is 1. The molecule has 1 aromatic rings. The highest BCUT2D eigenvalue weighted by atomic mass is 32.2. The molecule has 3 N–H and O–H groups in total. The molecule has 0 aliphatic heterocycles. The van der Waals surface area contributed by atoms with Crippen molar-refractivity contribution in [3.8, 4) is 0 Å². The topological polar surface area (TPSA) is 128 Å². The van der Waals surface area contributed by atoms with Crippen LogP contribution in [0, 0.1) is 0 Å². The minimum absolute atomic E-state index is 0.0471. The van der Waals surface area contributed by atoms with Crippen LogP contribution in [-0.2, 0) is 14.9 Å². The van der Waals surface area contributed by atoms with E-state index in [1.54, 1.807) is 0 Å². The first-order valence-corrected chi connectivity index (χ1v) is 6.25. The van der Waals surface area contributed by atoms with E-state index in [0.29, 0.717) is 5.69 Å². The van der Waals surface area contributed by atoms with Crippen molar-refractivity contribution in [2.75, 3.05) is 12.0 Å². The second-order valence-corrected chi connectivity index (χ2v) is 4.64. The number of carboxylic acid groups (broad SMARTS) is 1. The van der Waals surface area contributed by atoms with Gasteiger partial charge in [-0.3, -0.25) is 14.8 Å². The van der Waals surface area contributed by atoms with E-state index < -0.39 is 16.1 Å². The molecule has 0 aliphatic carbocycles. The Morgan fingerprint density at radius 2 is 1.89 bits per heavy atom. The fourth-order valence-electron chi connectivity index (χ4n) is 0.990. The number of anilines is 1. The molecule has 18 heavy (non-hydrogen) atoms. The van der Waals surface area contributed by atoms with Crippen molar-refractivity contribution >= 4 is 21.8 Å². The van der Waals surface area contributed by atoms with E-state index in [0.717, 1.165) is 0 Å². The smallest absolute Gasteiger partial charge is 0.305 e. The average Bonchev–Trinajstić information content (AvgIpc) is 2.27. The summed E-state index contributed by atoms with van der Waals surface area (Å²) in [6, 6.07) is 5.17. The zero-order chi connectivity index (χ0) is 13.6. The Kier molecular flexibility index (Phi) is 4.75. The Morgan fingerprint density at radius 1 is 1.28 bits per heavy atom. The third-order valence-electron chi connectivity index (χ3n) is 1.83. The van der Waals surface area contributed by atoms with Gasteiger partial charge in [0.1, 0.15) is 0 Å². The van der Waals surface area contributed by atoms with Crippen LogP contribution in [0.4, 0.5) is 5.69 Å². The fourth-order valence-corrected chi connectivity index (χ4v) is 1.47. The van der Waals surface area contributed by atoms with Gasteiger partial charge in [-0.15, -0.1) is 0 Å². The van der Waals surface area contributed by atoms with Crippen molar-refractivity contribution < 1.29 is 22.9 Å². The summed E-state index contributed by atoms with van der Waals surface area (Å²) in [6.07, 6.45) is -0.118. The third-order valence-corrected chi connectivity index (χ3v) is 2.70. The Hall–Kier alpha value is -2.00. The average molecular weight is 273 g/mol. The fraction of sp³-hybridized carbons (Fsp3) is 0.222. The van der Waals surface area contributed by atoms with Gasteiger partial charge in [-0.25, -0.2) is 0 Å². The van der Waals surface area contributed by atoms with E-state index in [9.17, 15) is 13.2 Å². The molecular formula is C9H11N3O5S. The van der Waals surface area contributed by atoms with E-state index in [4.69, 9.17) is 9.66 Å². The second-order valence-electron chi connectivity index (χ2n) is 3.22. The Bertz CT molecular complexity index is 538. The lowest BCUT2D eigenvalue weighted by Crippen LogP contribution is -1.98. The Balaban J connectivity index is 2.52. The third kappa shape index (κ3) is 4.89. The van der Waals surface area contributed by atoms with Crippen molar-refractivity contribution in [1.82, 2.24) is 0 Å². The van der Waals surface area contributed by atoms with Gasteiger partial charge in [-0.05, 0) is 24.3 Å². The van der Waals surface area contributed by atoms with Crippen molar-refractivity contribution in [3.05, 3.63) is 24.3 Å². The first-order chi connectivity index (χ1) is 8.39. The number of nitrogens with zero attached hydrogens (tertiary/aromatic N) is 2. The molecule has 0 aliphatic rings. The summed E-state index contributed by atoms with van der Waals surface area (Å²) in [5.74, 6) is -0.966. The first-order valence-electron chi connectivity index (χ1n) is 4.81. The van der Waals surface area contributed by atoms with Crippen LogP contribution in [0.2, 0.25) is 0 Å². The molecule has 0 unspecified atom stereocenters. The number of nitrogens with one attached hydrogen (secondary N) is 1. The minimum Gasteiger partial charge on any atom is -0.481 e. The molecule has 0 bridgehead atoms. The van der Waals surface area contributed by atoms with E-state index in [1.165, 1.54) is 24.3 Å². The lowest BCUT2D eigenvalue weighted by atomic mass is 10.3. The molecule has 0 saturated carbocycles. The van der Waals surface area contributed by atoms with Crippen LogP contribution in [-0.4, -0.2) is 30.6 Å². The summed E-state index contributed by atoms with van der Waals surface area (Å²) in [5.41, 5.74) is 2.95. The van der Waals surface area contributed by atoms with E-state index >= 15 is 0 Å². The number of carboxylic acids is 1. The van der Waals surface area contributed by atoms with Gasteiger partial charge in [0.25, 0.3) is 10.1 Å². The molecule has 1 rings (SSSR count). The van der Waals surface area contributed by atoms with E-state index in [-0.39, 0.29) is 17.9 Å². The minimum atomic E-state index is -4.21. The van der Waals surface area contributed by atoms with Crippen molar-refractivity contribution in [1.29, 1.82) is 0 Å². The molecule has 0 amide bonds. The SMILES string of the molecule is O=C(O)CCN=NNc1ccc(S(=O)(=O)O)cc1. The number of hydrogen-bond acceptors (Lipinski definition) is 5. The zero-order valence-corrected chi connectivity index (χ0v) is 9.96. The van der Waals surface area contributed by atoms with Gasteiger partial charge in [-0.1, -0.05) is 5.22 Å². The van der Waals surface area contributed by atoms with Crippen LogP contribution in [0.1, 0.15) is 6.42 Å². The summed E-state index contributed by atoms with van der Waals surface area (Å²) >= 11 is 0. The largest absolute Gasteiger partial charge is 0.481 e. The number of carbonyl (C=O) groups is 1. The Morgan fingerprint density at radius 3 is 2.39 bits per heavy atom. The van der Waals surface area contributed by atoms with Gasteiger partial charge >= 0.3 is 5.97 Å². The molecule has 0 spiro atoms. The number of hydrogen-bond donors (Lipinski definition) is 3. The molecule has 9 heteroatoms. The summed E-state index contributed by atoms with van der Waals surface area (Å²) in [5, 5.41) is 15.4. The van der Waals surface area contributed by atoms with Crippen molar-refractivity contribution in [3.63, 3.8) is 0 Å². The molecular weight excluding hydrogens is 262 g/mol. The predicted molar refractivity (Wildman–Crippen MR) is 61.9 cm³/mol. The molecule has 0 aromatic heterocycles. The summed E-state index contributed by atoms with van der Waals surface area (Å²) in [6.45, 7) is 0.0471. The number of benzene rings is 1. The molecule has 98 valence electrons. The Labute approximate surface area is 103 Å². The van der Waals surface area contributed by atoms with Crippen LogP contribution in [0.5, 0.6) is 0 Å². The highest BCUT2D eigenvalue weighted by Crippen LogP contribution is 2.13. The monoisotopic (exact) mass is 273 g/mol. The van der Waals surface area contributed by atoms with Gasteiger partial charge in [-0.2, -0.15) is 13.5 Å². The number of rotatable bonds is 6. The van der Waals surface area contributed by atoms with Crippen molar-refractivity contribution in [2.45, 2.75) is 11.3 Å². The predicted octanol–water partition coefficient (Wildman–Crippen LogP) is 1.19. The van der Waals surface area contributed by atoms with Crippen LogP contribution < -0.4 is 5.43 Å². The molecule has 1 aromatic carbocycles. The maximum absolute atomic E-state index is 10.7. The normalized spacial score (nSPS) is 11.6. The quantitative estimate of drug-likeness (QED) is 0.405. The van der Waals surface area contributed by atoms with E-state index in [1.807, 2.05) is 0 Å². The zero-order valence-electron chi connectivity index (χ0n) is 9.15. The maximum atomic E-state index is 10.7. The summed E-state index contributed by atoms with van der Waals surface area (Å²) in [7, 11) is -4.21. The van der Waals surface area contributed by atoms with Crippen LogP contribution in [0.25, 0.3) is 0 Å². The lowest BCUT2D eigenvalue weighted by Gasteiger charge is -2.00. The van der Waals surface area contributed by atoms with Crippen LogP contribution in [0.15, 0.2) is 39.5 Å². The van der Waals surface area contributed by atoms with Gasteiger partial charge in [0.15, 0.2) is 0 Å². The molecule has 8 nitrogen and oxygen atoms in total. The van der Waals surface area contributed by atoms with Gasteiger partial charge in [0.2, 0.25) is 0 Å². The molecule has 0 heterocycles. The second kappa shape index (κ2) is 6.07. The van der Waals surface area contributed by atoms with Crippen molar-refractivity contribution in [2.24, 2.45) is 10.3 Å². The molecule has 0 fully saturated rings. The lowest BCUT2D eigenvalue weighted by molar-refractivity contribution is -0.136. The molecule has 0 atom stereocenters. The summed E-state index contributed by atoms with van der Waals surface area (Å²) < 4.78 is 30.2. The maximum Gasteiger partial charge on any atom is 0.305 e. The highest BCUT2D eigenvalue weighted by molar-refractivity contribution is 7.85.